The largest absolute Gasteiger partial charge is 0.253 e. The van der Waals surface area contributed by atoms with Gasteiger partial charge in [-0.3, -0.25) is 4.98 Å². The standard InChI is InChI=1S/C12H12ClN.C2H6/c1-4-6-10-11(13)8-9(3)14-12(10)7-5-2;1-2/h4-8H,1-2H2,3H3;1-2H3/b10-6-,12-7+;. The minimum absolute atomic E-state index is 0.686. The summed E-state index contributed by atoms with van der Waals surface area (Å²) in [4.78, 5) is 4.35. The monoisotopic (exact) mass is 235 g/mol. The molecule has 1 rings (SSSR count). The van der Waals surface area contributed by atoms with E-state index >= 15 is 0 Å². The number of halogens is 1. The summed E-state index contributed by atoms with van der Waals surface area (Å²) >= 11 is 6.08. The minimum Gasteiger partial charge on any atom is -0.253 e. The summed E-state index contributed by atoms with van der Waals surface area (Å²) in [5.41, 5.74) is 0.893. The van der Waals surface area contributed by atoms with Crippen LogP contribution in [0.1, 0.15) is 19.5 Å². The van der Waals surface area contributed by atoms with Crippen LogP contribution in [0.2, 0.25) is 5.02 Å². The van der Waals surface area contributed by atoms with E-state index in [0.29, 0.717) is 5.02 Å². The van der Waals surface area contributed by atoms with E-state index in [1.807, 2.05) is 39.0 Å². The lowest BCUT2D eigenvalue weighted by molar-refractivity contribution is 1.13. The highest BCUT2D eigenvalue weighted by Gasteiger charge is 1.95. The summed E-state index contributed by atoms with van der Waals surface area (Å²) in [7, 11) is 0. The Kier molecular flexibility index (Phi) is 7.23. The molecule has 0 spiro atoms. The van der Waals surface area contributed by atoms with Gasteiger partial charge in [0.2, 0.25) is 0 Å². The molecule has 2 heteroatoms. The number of nitrogens with zero attached hydrogens (tertiary/aromatic N) is 1. The van der Waals surface area contributed by atoms with Crippen molar-refractivity contribution in [2.45, 2.75) is 20.8 Å². The summed E-state index contributed by atoms with van der Waals surface area (Å²) in [5, 5.41) is 2.39. The number of aromatic nitrogens is 1. The molecule has 0 unspecified atom stereocenters. The highest BCUT2D eigenvalue weighted by molar-refractivity contribution is 6.30. The van der Waals surface area contributed by atoms with Crippen molar-refractivity contribution in [2.24, 2.45) is 0 Å². The van der Waals surface area contributed by atoms with Gasteiger partial charge in [-0.05, 0) is 19.1 Å². The van der Waals surface area contributed by atoms with Gasteiger partial charge in [-0.2, -0.15) is 0 Å². The number of pyridine rings is 1. The van der Waals surface area contributed by atoms with Gasteiger partial charge in [0.15, 0.2) is 0 Å². The summed E-state index contributed by atoms with van der Waals surface area (Å²) in [6, 6.07) is 1.83. The van der Waals surface area contributed by atoms with Crippen LogP contribution >= 0.6 is 11.6 Å². The molecule has 0 radical (unpaired) electrons. The minimum atomic E-state index is 0.686. The second-order valence-corrected chi connectivity index (χ2v) is 3.26. The third kappa shape index (κ3) is 4.03. The van der Waals surface area contributed by atoms with Crippen LogP contribution in [0.4, 0.5) is 0 Å². The molecular weight excluding hydrogens is 218 g/mol. The number of rotatable bonds is 2. The second-order valence-electron chi connectivity index (χ2n) is 2.85. The molecule has 0 saturated carbocycles. The molecule has 1 aromatic rings. The fourth-order valence-corrected chi connectivity index (χ4v) is 1.51. The fourth-order valence-electron chi connectivity index (χ4n) is 1.19. The molecule has 86 valence electrons. The SMILES string of the molecule is C=C/C=c1/nc(C)cc(Cl)/c1=C/C=C.CC. The van der Waals surface area contributed by atoms with E-state index in [-0.39, 0.29) is 0 Å². The summed E-state index contributed by atoms with van der Waals surface area (Å²) in [6.45, 7) is 13.2. The average molecular weight is 236 g/mol. The smallest absolute Gasteiger partial charge is 0.0719 e. The molecule has 0 fully saturated rings. The predicted octanol–water partition coefficient (Wildman–Crippen LogP) is 3.00. The van der Waals surface area contributed by atoms with Gasteiger partial charge in [0.1, 0.15) is 0 Å². The molecule has 1 nitrogen and oxygen atoms in total. The third-order valence-corrected chi connectivity index (χ3v) is 2.04. The predicted molar refractivity (Wildman–Crippen MR) is 73.9 cm³/mol. The Balaban J connectivity index is 0.00000106. The molecule has 0 aromatic carbocycles. The third-order valence-electron chi connectivity index (χ3n) is 1.73. The van der Waals surface area contributed by atoms with Gasteiger partial charge in [-0.25, -0.2) is 0 Å². The molecule has 16 heavy (non-hydrogen) atoms. The highest BCUT2D eigenvalue weighted by Crippen LogP contribution is 1.99. The Labute approximate surface area is 102 Å². The van der Waals surface area contributed by atoms with Crippen molar-refractivity contribution in [3.05, 3.63) is 52.7 Å². The molecule has 0 bridgehead atoms. The van der Waals surface area contributed by atoms with Crippen molar-refractivity contribution < 1.29 is 0 Å². The molecule has 0 atom stereocenters. The van der Waals surface area contributed by atoms with E-state index in [1.54, 1.807) is 12.2 Å². The molecule has 1 heterocycles. The van der Waals surface area contributed by atoms with Crippen molar-refractivity contribution in [1.29, 1.82) is 0 Å². The van der Waals surface area contributed by atoms with E-state index in [1.165, 1.54) is 0 Å². The fraction of sp³-hybridized carbons (Fsp3) is 0.214. The Bertz CT molecular complexity index is 472. The van der Waals surface area contributed by atoms with E-state index in [2.05, 4.69) is 18.1 Å². The quantitative estimate of drug-likeness (QED) is 0.768. The van der Waals surface area contributed by atoms with Crippen LogP contribution in [-0.2, 0) is 0 Å². The number of allylic oxidation sites excluding steroid dienone is 2. The van der Waals surface area contributed by atoms with Crippen LogP contribution in [0.25, 0.3) is 12.2 Å². The van der Waals surface area contributed by atoms with Crippen molar-refractivity contribution in [2.75, 3.05) is 0 Å². The van der Waals surface area contributed by atoms with Gasteiger partial charge in [0.05, 0.1) is 10.4 Å². The zero-order valence-corrected chi connectivity index (χ0v) is 10.9. The van der Waals surface area contributed by atoms with Gasteiger partial charge < -0.3 is 0 Å². The number of hydrogen-bond acceptors (Lipinski definition) is 1. The Morgan fingerprint density at radius 3 is 2.25 bits per heavy atom. The highest BCUT2D eigenvalue weighted by atomic mass is 35.5. The van der Waals surface area contributed by atoms with E-state index in [4.69, 9.17) is 11.6 Å². The van der Waals surface area contributed by atoms with Gasteiger partial charge in [-0.1, -0.05) is 56.8 Å². The first-order valence-electron chi connectivity index (χ1n) is 5.27. The maximum absolute atomic E-state index is 6.08. The average Bonchev–Trinajstić information content (AvgIpc) is 2.26. The zero-order valence-electron chi connectivity index (χ0n) is 10.1. The molecule has 0 N–H and O–H groups in total. The molecular formula is C14H18ClN. The van der Waals surface area contributed by atoms with Crippen LogP contribution < -0.4 is 10.6 Å². The van der Waals surface area contributed by atoms with Crippen molar-refractivity contribution in [3.63, 3.8) is 0 Å². The van der Waals surface area contributed by atoms with Crippen LogP contribution in [-0.4, -0.2) is 4.98 Å². The van der Waals surface area contributed by atoms with E-state index in [0.717, 1.165) is 16.3 Å². The van der Waals surface area contributed by atoms with Gasteiger partial charge in [-0.15, -0.1) is 0 Å². The normalized spacial score (nSPS) is 11.8. The molecule has 0 amide bonds. The lowest BCUT2D eigenvalue weighted by Crippen LogP contribution is -2.29. The number of hydrogen-bond donors (Lipinski definition) is 0. The summed E-state index contributed by atoms with van der Waals surface area (Å²) in [5.74, 6) is 0. The molecule has 1 aromatic heterocycles. The lowest BCUT2D eigenvalue weighted by Gasteiger charge is -1.96. The number of aryl methyl sites for hydroxylation is 1. The van der Waals surface area contributed by atoms with Crippen molar-refractivity contribution in [1.82, 2.24) is 4.98 Å². The molecule has 0 aliphatic rings. The van der Waals surface area contributed by atoms with Crippen molar-refractivity contribution >= 4 is 23.8 Å². The second kappa shape index (κ2) is 7.89. The first-order chi connectivity index (χ1) is 7.69. The maximum Gasteiger partial charge on any atom is 0.0719 e. The topological polar surface area (TPSA) is 12.9 Å². The maximum atomic E-state index is 6.08. The zero-order chi connectivity index (χ0) is 12.6. The van der Waals surface area contributed by atoms with Crippen LogP contribution in [0.3, 0.4) is 0 Å². The van der Waals surface area contributed by atoms with Gasteiger partial charge in [0, 0.05) is 10.9 Å². The Hall–Kier alpha value is -1.34. The van der Waals surface area contributed by atoms with Gasteiger partial charge in [0.25, 0.3) is 0 Å². The van der Waals surface area contributed by atoms with Crippen LogP contribution in [0.5, 0.6) is 0 Å². The first kappa shape index (κ1) is 14.7. The first-order valence-corrected chi connectivity index (χ1v) is 5.65. The molecule has 0 saturated heterocycles. The van der Waals surface area contributed by atoms with Crippen LogP contribution in [0, 0.1) is 6.92 Å². The van der Waals surface area contributed by atoms with E-state index < -0.39 is 0 Å². The molecule has 0 aliphatic carbocycles. The summed E-state index contributed by atoms with van der Waals surface area (Å²) < 4.78 is 0. The summed E-state index contributed by atoms with van der Waals surface area (Å²) in [6.07, 6.45) is 7.05. The lowest BCUT2D eigenvalue weighted by atomic mass is 10.2. The van der Waals surface area contributed by atoms with Crippen molar-refractivity contribution in [3.8, 4) is 0 Å². The van der Waals surface area contributed by atoms with E-state index in [9.17, 15) is 0 Å². The molecule has 0 aliphatic heterocycles. The Morgan fingerprint density at radius 1 is 1.19 bits per heavy atom. The van der Waals surface area contributed by atoms with Gasteiger partial charge >= 0.3 is 0 Å². The van der Waals surface area contributed by atoms with Crippen LogP contribution in [0.15, 0.2) is 31.4 Å². The Morgan fingerprint density at radius 2 is 1.75 bits per heavy atom.